The number of aryl methyl sites for hydroxylation is 1. The van der Waals surface area contributed by atoms with Crippen LogP contribution >= 0.6 is 11.3 Å². The van der Waals surface area contributed by atoms with Gasteiger partial charge in [0.2, 0.25) is 0 Å². The molecule has 30 heavy (non-hydrogen) atoms. The lowest BCUT2D eigenvalue weighted by Crippen LogP contribution is -2.11. The number of pyridine rings is 1. The van der Waals surface area contributed by atoms with E-state index in [2.05, 4.69) is 15.5 Å². The van der Waals surface area contributed by atoms with E-state index in [9.17, 15) is 4.79 Å². The summed E-state index contributed by atoms with van der Waals surface area (Å²) in [6.07, 6.45) is 1.64. The quantitative estimate of drug-likeness (QED) is 0.417. The van der Waals surface area contributed by atoms with Crippen LogP contribution in [0.1, 0.15) is 16.1 Å². The summed E-state index contributed by atoms with van der Waals surface area (Å²) in [4.78, 5) is 21.6. The fraction of sp³-hybridized carbons (Fsp3) is 0.0435. The molecule has 0 saturated heterocycles. The third-order valence-corrected chi connectivity index (χ3v) is 5.56. The molecule has 0 saturated carbocycles. The number of nitrogens with zero attached hydrogens (tertiary/aromatic N) is 3. The van der Waals surface area contributed by atoms with Gasteiger partial charge in [-0.05, 0) is 37.3 Å². The molecule has 1 N–H and O–H groups in total. The SMILES string of the molecule is Cc1ccc(NC(=O)c2ccc3onc(-c4csc(-c5ccccc5)n4)c3c2)cn1. The zero-order valence-corrected chi connectivity index (χ0v) is 16.8. The first-order valence-electron chi connectivity index (χ1n) is 9.32. The van der Waals surface area contributed by atoms with E-state index in [1.165, 1.54) is 0 Å². The van der Waals surface area contributed by atoms with Crippen molar-refractivity contribution in [3.8, 4) is 22.0 Å². The second-order valence-electron chi connectivity index (χ2n) is 6.79. The third-order valence-electron chi connectivity index (χ3n) is 4.67. The number of thiazole rings is 1. The van der Waals surface area contributed by atoms with Crippen molar-refractivity contribution in [3.63, 3.8) is 0 Å². The summed E-state index contributed by atoms with van der Waals surface area (Å²) >= 11 is 1.54. The van der Waals surface area contributed by atoms with E-state index in [-0.39, 0.29) is 5.91 Å². The lowest BCUT2D eigenvalue weighted by atomic mass is 10.1. The van der Waals surface area contributed by atoms with E-state index in [1.807, 2.05) is 54.8 Å². The lowest BCUT2D eigenvalue weighted by molar-refractivity contribution is 0.102. The summed E-state index contributed by atoms with van der Waals surface area (Å²) in [5.74, 6) is -0.224. The zero-order chi connectivity index (χ0) is 20.5. The fourth-order valence-corrected chi connectivity index (χ4v) is 3.92. The van der Waals surface area contributed by atoms with Gasteiger partial charge in [0.25, 0.3) is 5.91 Å². The van der Waals surface area contributed by atoms with E-state index in [1.54, 1.807) is 35.7 Å². The Morgan fingerprint density at radius 3 is 2.73 bits per heavy atom. The van der Waals surface area contributed by atoms with Gasteiger partial charge < -0.3 is 9.84 Å². The Kier molecular flexibility index (Phi) is 4.57. The van der Waals surface area contributed by atoms with Gasteiger partial charge in [-0.1, -0.05) is 35.5 Å². The molecule has 0 aliphatic carbocycles. The van der Waals surface area contributed by atoms with Gasteiger partial charge in [-0.15, -0.1) is 11.3 Å². The summed E-state index contributed by atoms with van der Waals surface area (Å²) < 4.78 is 5.46. The van der Waals surface area contributed by atoms with E-state index >= 15 is 0 Å². The summed E-state index contributed by atoms with van der Waals surface area (Å²) in [7, 11) is 0. The minimum atomic E-state index is -0.224. The van der Waals surface area contributed by atoms with Crippen molar-refractivity contribution >= 4 is 33.9 Å². The molecular weight excluding hydrogens is 396 g/mol. The predicted octanol–water partition coefficient (Wildman–Crippen LogP) is 5.57. The molecule has 6 nitrogen and oxygen atoms in total. The molecule has 0 fully saturated rings. The van der Waals surface area contributed by atoms with Crippen molar-refractivity contribution in [1.29, 1.82) is 0 Å². The molecule has 0 atom stereocenters. The highest BCUT2D eigenvalue weighted by molar-refractivity contribution is 7.13. The maximum absolute atomic E-state index is 12.7. The molecule has 3 aromatic heterocycles. The van der Waals surface area contributed by atoms with Crippen LogP contribution in [0.5, 0.6) is 0 Å². The number of nitrogens with one attached hydrogen (secondary N) is 1. The number of rotatable bonds is 4. The van der Waals surface area contributed by atoms with Crippen LogP contribution in [0.4, 0.5) is 5.69 Å². The largest absolute Gasteiger partial charge is 0.356 e. The Bertz CT molecular complexity index is 1340. The van der Waals surface area contributed by atoms with Crippen LogP contribution < -0.4 is 5.32 Å². The van der Waals surface area contributed by atoms with Crippen LogP contribution in [0, 0.1) is 6.92 Å². The fourth-order valence-electron chi connectivity index (χ4n) is 3.11. The maximum Gasteiger partial charge on any atom is 0.255 e. The maximum atomic E-state index is 12.7. The normalized spacial score (nSPS) is 11.0. The zero-order valence-electron chi connectivity index (χ0n) is 16.0. The van der Waals surface area contributed by atoms with Crippen LogP contribution in [-0.4, -0.2) is 21.0 Å². The van der Waals surface area contributed by atoms with Crippen LogP contribution in [0.15, 0.2) is 76.8 Å². The van der Waals surface area contributed by atoms with Gasteiger partial charge in [-0.25, -0.2) is 4.98 Å². The Balaban J connectivity index is 1.47. The van der Waals surface area contributed by atoms with Crippen LogP contribution in [0.3, 0.4) is 0 Å². The highest BCUT2D eigenvalue weighted by Gasteiger charge is 2.17. The molecule has 0 radical (unpaired) electrons. The van der Waals surface area contributed by atoms with Gasteiger partial charge in [0.15, 0.2) is 5.58 Å². The van der Waals surface area contributed by atoms with E-state index in [4.69, 9.17) is 9.51 Å². The highest BCUT2D eigenvalue weighted by Crippen LogP contribution is 2.32. The minimum Gasteiger partial charge on any atom is -0.356 e. The number of hydrogen-bond acceptors (Lipinski definition) is 6. The summed E-state index contributed by atoms with van der Waals surface area (Å²) in [6, 6.07) is 18.9. The topological polar surface area (TPSA) is 80.9 Å². The smallest absolute Gasteiger partial charge is 0.255 e. The number of anilines is 1. The second kappa shape index (κ2) is 7.53. The molecule has 7 heteroatoms. The summed E-state index contributed by atoms with van der Waals surface area (Å²) in [5, 5.41) is 10.7. The third kappa shape index (κ3) is 3.46. The van der Waals surface area contributed by atoms with Gasteiger partial charge >= 0.3 is 0 Å². The molecule has 1 amide bonds. The number of amides is 1. The molecule has 0 aliphatic rings. The van der Waals surface area contributed by atoms with Crippen LogP contribution in [0.25, 0.3) is 32.9 Å². The van der Waals surface area contributed by atoms with E-state index in [0.29, 0.717) is 22.5 Å². The minimum absolute atomic E-state index is 0.224. The Morgan fingerprint density at radius 2 is 1.93 bits per heavy atom. The van der Waals surface area contributed by atoms with Gasteiger partial charge in [-0.2, -0.15) is 0 Å². The first kappa shape index (κ1) is 18.2. The van der Waals surface area contributed by atoms with Gasteiger partial charge in [0.1, 0.15) is 16.4 Å². The molecule has 0 unspecified atom stereocenters. The molecule has 3 heterocycles. The van der Waals surface area contributed by atoms with E-state index in [0.717, 1.165) is 27.3 Å². The number of carbonyl (C=O) groups is 1. The summed E-state index contributed by atoms with van der Waals surface area (Å²) in [6.45, 7) is 1.90. The number of aromatic nitrogens is 3. The van der Waals surface area contributed by atoms with Crippen molar-refractivity contribution in [2.24, 2.45) is 0 Å². The van der Waals surface area contributed by atoms with Crippen LogP contribution in [-0.2, 0) is 0 Å². The van der Waals surface area contributed by atoms with Gasteiger partial charge in [0, 0.05) is 22.2 Å². The average molecular weight is 412 g/mol. The molecule has 5 aromatic rings. The molecular formula is C23H16N4O2S. The number of carbonyl (C=O) groups excluding carboxylic acids is 1. The molecule has 0 spiro atoms. The molecule has 0 aliphatic heterocycles. The first-order valence-corrected chi connectivity index (χ1v) is 10.2. The Morgan fingerprint density at radius 1 is 1.07 bits per heavy atom. The predicted molar refractivity (Wildman–Crippen MR) is 117 cm³/mol. The lowest BCUT2D eigenvalue weighted by Gasteiger charge is -2.05. The second-order valence-corrected chi connectivity index (χ2v) is 7.65. The molecule has 5 rings (SSSR count). The number of hydrogen-bond donors (Lipinski definition) is 1. The number of benzene rings is 2. The van der Waals surface area contributed by atoms with Crippen molar-refractivity contribution < 1.29 is 9.32 Å². The first-order chi connectivity index (χ1) is 14.7. The molecule has 146 valence electrons. The van der Waals surface area contributed by atoms with Gasteiger partial charge in [-0.3, -0.25) is 9.78 Å². The van der Waals surface area contributed by atoms with Crippen molar-refractivity contribution in [1.82, 2.24) is 15.1 Å². The summed E-state index contributed by atoms with van der Waals surface area (Å²) in [5.41, 5.74) is 5.03. The van der Waals surface area contributed by atoms with Crippen LogP contribution in [0.2, 0.25) is 0 Å². The average Bonchev–Trinajstić information content (AvgIpc) is 3.42. The highest BCUT2D eigenvalue weighted by atomic mass is 32.1. The molecule has 0 bridgehead atoms. The van der Waals surface area contributed by atoms with Crippen molar-refractivity contribution in [2.75, 3.05) is 5.32 Å². The van der Waals surface area contributed by atoms with Crippen molar-refractivity contribution in [3.05, 3.63) is 83.5 Å². The van der Waals surface area contributed by atoms with E-state index < -0.39 is 0 Å². The van der Waals surface area contributed by atoms with Gasteiger partial charge in [0.05, 0.1) is 17.3 Å². The number of fused-ring (bicyclic) bond motifs is 1. The molecule has 2 aromatic carbocycles. The standard InChI is InChI=1S/C23H16N4O2S/c1-14-7-9-17(12-24-14)25-22(28)16-8-10-20-18(11-16)21(27-29-20)19-13-30-23(26-19)15-5-3-2-4-6-15/h2-13H,1H3,(H,25,28). The van der Waals surface area contributed by atoms with Crippen molar-refractivity contribution in [2.45, 2.75) is 6.92 Å². The Hall–Kier alpha value is -3.84. The monoisotopic (exact) mass is 412 g/mol. The Labute approximate surface area is 176 Å².